The maximum Gasteiger partial charge on any atom is 0.407 e. The van der Waals surface area contributed by atoms with Gasteiger partial charge in [-0.2, -0.15) is 0 Å². The monoisotopic (exact) mass is 701 g/mol. The number of aliphatic hydroxyl groups is 2. The lowest BCUT2D eigenvalue weighted by Gasteiger charge is -2.29. The Labute approximate surface area is 300 Å². The third-order valence-corrected chi connectivity index (χ3v) is 10.1. The summed E-state index contributed by atoms with van der Waals surface area (Å²) in [6.07, 6.45) is -1.02. The van der Waals surface area contributed by atoms with Gasteiger partial charge in [0, 0.05) is 38.4 Å². The molecule has 7 atom stereocenters. The molecule has 2 aliphatic heterocycles. The number of amides is 2. The molecule has 2 fully saturated rings. The SMILES string of the molecule is C[C@@H]1C[C@H](OC(=O)N[C@@H](Cc2ccccc2)[C@@H](O)C[C@@H](Cc2ccc(OCCN3CCOCC3)cc2)C(=O)N[C@H]2c3ccccc3C[C@H]2O)CO1. The molecule has 1 aliphatic carbocycles. The summed E-state index contributed by atoms with van der Waals surface area (Å²) in [7, 11) is 0. The molecule has 11 heteroatoms. The summed E-state index contributed by atoms with van der Waals surface area (Å²) >= 11 is 0. The zero-order chi connectivity index (χ0) is 35.6. The second-order valence-electron chi connectivity index (χ2n) is 14.0. The Bertz CT molecular complexity index is 1550. The molecule has 4 N–H and O–H groups in total. The van der Waals surface area contributed by atoms with Gasteiger partial charge >= 0.3 is 6.09 Å². The minimum atomic E-state index is -1.09. The lowest BCUT2D eigenvalue weighted by Crippen LogP contribution is -2.48. The molecule has 0 unspecified atom stereocenters. The van der Waals surface area contributed by atoms with Crippen molar-refractivity contribution in [3.63, 3.8) is 0 Å². The lowest BCUT2D eigenvalue weighted by molar-refractivity contribution is -0.127. The zero-order valence-electron chi connectivity index (χ0n) is 29.3. The van der Waals surface area contributed by atoms with Crippen molar-refractivity contribution in [1.82, 2.24) is 15.5 Å². The molecule has 0 spiro atoms. The highest BCUT2D eigenvalue weighted by Gasteiger charge is 2.36. The van der Waals surface area contributed by atoms with Gasteiger partial charge in [0.15, 0.2) is 0 Å². The molecule has 3 aliphatic rings. The van der Waals surface area contributed by atoms with Crippen LogP contribution in [-0.4, -0.2) is 104 Å². The number of carbonyl (C=O) groups excluding carboxylic acids is 2. The van der Waals surface area contributed by atoms with Crippen LogP contribution in [0.4, 0.5) is 4.79 Å². The number of hydrogen-bond acceptors (Lipinski definition) is 9. The van der Waals surface area contributed by atoms with Gasteiger partial charge < -0.3 is 39.8 Å². The lowest BCUT2D eigenvalue weighted by atomic mass is 9.88. The molecule has 0 radical (unpaired) electrons. The van der Waals surface area contributed by atoms with Gasteiger partial charge in [0.1, 0.15) is 18.5 Å². The van der Waals surface area contributed by atoms with Crippen molar-refractivity contribution >= 4 is 12.0 Å². The van der Waals surface area contributed by atoms with Crippen LogP contribution >= 0.6 is 0 Å². The topological polar surface area (TPSA) is 139 Å². The van der Waals surface area contributed by atoms with Gasteiger partial charge in [-0.15, -0.1) is 0 Å². The first-order valence-corrected chi connectivity index (χ1v) is 18.2. The average Bonchev–Trinajstić information content (AvgIpc) is 3.69. The first-order valence-electron chi connectivity index (χ1n) is 18.2. The predicted molar refractivity (Wildman–Crippen MR) is 191 cm³/mol. The number of carbonyl (C=O) groups is 2. The number of fused-ring (bicyclic) bond motifs is 1. The number of benzene rings is 3. The minimum absolute atomic E-state index is 0.00819. The minimum Gasteiger partial charge on any atom is -0.492 e. The smallest absolute Gasteiger partial charge is 0.407 e. The summed E-state index contributed by atoms with van der Waals surface area (Å²) in [5.41, 5.74) is 3.73. The van der Waals surface area contributed by atoms with Crippen molar-refractivity contribution < 1.29 is 38.7 Å². The highest BCUT2D eigenvalue weighted by atomic mass is 16.6. The maximum atomic E-state index is 14.1. The summed E-state index contributed by atoms with van der Waals surface area (Å²) in [6.45, 7) is 6.94. The molecule has 2 saturated heterocycles. The molecule has 11 nitrogen and oxygen atoms in total. The summed E-state index contributed by atoms with van der Waals surface area (Å²) in [5, 5.41) is 28.7. The first kappa shape index (κ1) is 36.8. The van der Waals surface area contributed by atoms with Crippen molar-refractivity contribution in [3.8, 4) is 5.75 Å². The van der Waals surface area contributed by atoms with E-state index in [2.05, 4.69) is 15.5 Å². The Kier molecular flexibility index (Phi) is 13.0. The Morgan fingerprint density at radius 1 is 0.961 bits per heavy atom. The Morgan fingerprint density at radius 3 is 2.43 bits per heavy atom. The van der Waals surface area contributed by atoms with E-state index in [1.165, 1.54) is 0 Å². The standard InChI is InChI=1S/C40H51N3O8/c1-27-21-33(26-50-27)51-40(47)41-35(23-28-7-3-2-4-8-28)36(44)25-31(39(46)42-38-34-10-6-5-9-30(34)24-37(38)45)22-29-11-13-32(14-12-29)49-20-17-43-15-18-48-19-16-43/h2-14,27,31,33,35-38,44-45H,15-26H2,1H3,(H,41,47)(H,42,46)/t27-,31-,33+,35+,36+,37-,38+/m1/s1. The average molecular weight is 702 g/mol. The number of nitrogens with one attached hydrogen (secondary N) is 2. The molecule has 0 bridgehead atoms. The summed E-state index contributed by atoms with van der Waals surface area (Å²) in [5.74, 6) is -0.210. The molecule has 6 rings (SSSR count). The molecular weight excluding hydrogens is 650 g/mol. The number of ether oxygens (including phenoxy) is 4. The van der Waals surface area contributed by atoms with Crippen LogP contribution in [0.3, 0.4) is 0 Å². The van der Waals surface area contributed by atoms with Crippen LogP contribution in [0, 0.1) is 5.92 Å². The number of morpholine rings is 1. The number of rotatable bonds is 15. The molecule has 51 heavy (non-hydrogen) atoms. The van der Waals surface area contributed by atoms with Gasteiger partial charge in [-0.1, -0.05) is 66.7 Å². The largest absolute Gasteiger partial charge is 0.492 e. The molecule has 2 heterocycles. The maximum absolute atomic E-state index is 14.1. The Morgan fingerprint density at radius 2 is 1.69 bits per heavy atom. The van der Waals surface area contributed by atoms with E-state index in [4.69, 9.17) is 18.9 Å². The van der Waals surface area contributed by atoms with Crippen LogP contribution in [-0.2, 0) is 38.3 Å². The van der Waals surface area contributed by atoms with Crippen LogP contribution in [0.1, 0.15) is 48.1 Å². The number of aliphatic hydroxyl groups excluding tert-OH is 2. The van der Waals surface area contributed by atoms with E-state index in [1.807, 2.05) is 85.8 Å². The number of alkyl carbamates (subject to hydrolysis) is 1. The van der Waals surface area contributed by atoms with Gasteiger partial charge in [0.05, 0.1) is 50.2 Å². The van der Waals surface area contributed by atoms with E-state index >= 15 is 0 Å². The van der Waals surface area contributed by atoms with E-state index in [-0.39, 0.29) is 24.5 Å². The van der Waals surface area contributed by atoms with Gasteiger partial charge in [-0.3, -0.25) is 9.69 Å². The fourth-order valence-electron chi connectivity index (χ4n) is 7.23. The van der Waals surface area contributed by atoms with Gasteiger partial charge in [-0.25, -0.2) is 4.79 Å². The third kappa shape index (κ3) is 10.5. The van der Waals surface area contributed by atoms with Crippen molar-refractivity contribution in [2.24, 2.45) is 5.92 Å². The van der Waals surface area contributed by atoms with Crippen LogP contribution in [0.25, 0.3) is 0 Å². The highest BCUT2D eigenvalue weighted by molar-refractivity contribution is 5.80. The van der Waals surface area contributed by atoms with Crippen molar-refractivity contribution in [2.45, 2.75) is 75.5 Å². The van der Waals surface area contributed by atoms with E-state index in [0.717, 1.165) is 60.9 Å². The third-order valence-electron chi connectivity index (χ3n) is 10.1. The van der Waals surface area contributed by atoms with Gasteiger partial charge in [0.2, 0.25) is 5.91 Å². The molecular formula is C40H51N3O8. The van der Waals surface area contributed by atoms with Crippen molar-refractivity contribution in [2.75, 3.05) is 46.1 Å². The Hall–Kier alpha value is -4.00. The molecule has 3 aromatic rings. The summed E-state index contributed by atoms with van der Waals surface area (Å²) < 4.78 is 22.6. The van der Waals surface area contributed by atoms with Gasteiger partial charge in [-0.05, 0) is 60.6 Å². The van der Waals surface area contributed by atoms with Crippen LogP contribution in [0.2, 0.25) is 0 Å². The number of nitrogens with zero attached hydrogens (tertiary/aromatic N) is 1. The summed E-state index contributed by atoms with van der Waals surface area (Å²) in [4.78, 5) is 29.5. The quantitative estimate of drug-likeness (QED) is 0.187. The zero-order valence-corrected chi connectivity index (χ0v) is 29.3. The van der Waals surface area contributed by atoms with E-state index in [0.29, 0.717) is 38.9 Å². The van der Waals surface area contributed by atoms with E-state index in [1.54, 1.807) is 0 Å². The molecule has 274 valence electrons. The molecule has 0 saturated carbocycles. The van der Waals surface area contributed by atoms with E-state index < -0.39 is 36.3 Å². The van der Waals surface area contributed by atoms with Crippen LogP contribution in [0.5, 0.6) is 5.75 Å². The van der Waals surface area contributed by atoms with Crippen molar-refractivity contribution in [3.05, 3.63) is 101 Å². The summed E-state index contributed by atoms with van der Waals surface area (Å²) in [6, 6.07) is 23.7. The predicted octanol–water partition coefficient (Wildman–Crippen LogP) is 3.60. The van der Waals surface area contributed by atoms with Gasteiger partial charge in [0.25, 0.3) is 0 Å². The second-order valence-corrected chi connectivity index (χ2v) is 14.0. The normalized spacial score (nSPS) is 23.5. The number of hydrogen-bond donors (Lipinski definition) is 4. The fourth-order valence-corrected chi connectivity index (χ4v) is 7.23. The molecule has 3 aromatic carbocycles. The molecule has 2 amide bonds. The highest BCUT2D eigenvalue weighted by Crippen LogP contribution is 2.32. The van der Waals surface area contributed by atoms with Crippen LogP contribution < -0.4 is 15.4 Å². The molecule has 0 aromatic heterocycles. The van der Waals surface area contributed by atoms with E-state index in [9.17, 15) is 19.8 Å². The van der Waals surface area contributed by atoms with Crippen LogP contribution in [0.15, 0.2) is 78.9 Å². The fraction of sp³-hybridized carbons (Fsp3) is 0.500. The Balaban J connectivity index is 1.16. The second kappa shape index (κ2) is 18.0. The first-order chi connectivity index (χ1) is 24.8. The van der Waals surface area contributed by atoms with Crippen molar-refractivity contribution in [1.29, 1.82) is 0 Å².